The Bertz CT molecular complexity index is 1100. The Labute approximate surface area is 190 Å². The van der Waals surface area contributed by atoms with E-state index in [1.54, 1.807) is 0 Å². The van der Waals surface area contributed by atoms with Gasteiger partial charge in [-0.3, -0.25) is 0 Å². The molecule has 2 heteroatoms. The predicted molar refractivity (Wildman–Crippen MR) is 135 cm³/mol. The minimum Gasteiger partial charge on any atom is -0.329 e. The number of hydrogen-bond acceptors (Lipinski definition) is 2. The SMILES string of the molecule is C1=C[C](N(c2ccccc2)c2ccccc2)CC(N(c2ccccc2)c2ccccc2)=C1. The molecule has 0 spiro atoms. The first-order chi connectivity index (χ1) is 15.9. The van der Waals surface area contributed by atoms with Crippen molar-refractivity contribution in [2.24, 2.45) is 0 Å². The van der Waals surface area contributed by atoms with Crippen LogP contribution in [0, 0.1) is 6.04 Å². The van der Waals surface area contributed by atoms with Crippen LogP contribution in [0.5, 0.6) is 0 Å². The molecule has 0 saturated heterocycles. The molecule has 4 aromatic rings. The molecule has 0 heterocycles. The number of benzene rings is 4. The van der Waals surface area contributed by atoms with Gasteiger partial charge < -0.3 is 9.80 Å². The zero-order valence-corrected chi connectivity index (χ0v) is 17.9. The Kier molecular flexibility index (Phi) is 5.85. The molecule has 0 unspecified atom stereocenters. The molecule has 1 radical (unpaired) electrons. The van der Waals surface area contributed by atoms with Crippen molar-refractivity contribution in [3.8, 4) is 0 Å². The lowest BCUT2D eigenvalue weighted by Gasteiger charge is -2.36. The van der Waals surface area contributed by atoms with E-state index in [0.717, 1.165) is 29.2 Å². The maximum absolute atomic E-state index is 2.34. The summed E-state index contributed by atoms with van der Waals surface area (Å²) in [6, 6.07) is 43.5. The molecule has 0 aromatic heterocycles. The topological polar surface area (TPSA) is 6.48 Å². The Morgan fingerprint density at radius 2 is 0.812 bits per heavy atom. The van der Waals surface area contributed by atoms with E-state index in [1.165, 1.54) is 11.7 Å². The maximum Gasteiger partial charge on any atom is 0.0965 e. The van der Waals surface area contributed by atoms with Crippen molar-refractivity contribution in [3.05, 3.63) is 151 Å². The Hall–Kier alpha value is -4.04. The molecule has 32 heavy (non-hydrogen) atoms. The van der Waals surface area contributed by atoms with Crippen LogP contribution in [-0.2, 0) is 0 Å². The molecule has 0 atom stereocenters. The van der Waals surface area contributed by atoms with Crippen molar-refractivity contribution in [2.75, 3.05) is 9.80 Å². The summed E-state index contributed by atoms with van der Waals surface area (Å²) >= 11 is 0. The average molecular weight is 414 g/mol. The summed E-state index contributed by atoms with van der Waals surface area (Å²) in [5.74, 6) is 0. The molecule has 1 aliphatic rings. The Morgan fingerprint density at radius 3 is 1.22 bits per heavy atom. The zero-order valence-electron chi connectivity index (χ0n) is 17.9. The third kappa shape index (κ3) is 4.21. The molecule has 4 aromatic carbocycles. The molecule has 0 N–H and O–H groups in total. The van der Waals surface area contributed by atoms with Crippen molar-refractivity contribution in [1.29, 1.82) is 0 Å². The van der Waals surface area contributed by atoms with E-state index in [0.29, 0.717) is 0 Å². The van der Waals surface area contributed by atoms with Crippen molar-refractivity contribution in [2.45, 2.75) is 6.42 Å². The Morgan fingerprint density at radius 1 is 0.438 bits per heavy atom. The van der Waals surface area contributed by atoms with Gasteiger partial charge in [-0.25, -0.2) is 0 Å². The lowest BCUT2D eigenvalue weighted by Crippen LogP contribution is -2.27. The maximum atomic E-state index is 2.34. The third-order valence-corrected chi connectivity index (χ3v) is 5.57. The molecule has 0 saturated carbocycles. The molecule has 0 fully saturated rings. The highest BCUT2D eigenvalue weighted by atomic mass is 15.2. The molecular formula is C30H25N2. The van der Waals surface area contributed by atoms with E-state index >= 15 is 0 Å². The first kappa shape index (κ1) is 19.9. The summed E-state index contributed by atoms with van der Waals surface area (Å²) < 4.78 is 0. The molecule has 155 valence electrons. The predicted octanol–water partition coefficient (Wildman–Crippen LogP) is 8.04. The molecule has 5 rings (SSSR count). The van der Waals surface area contributed by atoms with Crippen molar-refractivity contribution in [3.63, 3.8) is 0 Å². The van der Waals surface area contributed by atoms with E-state index in [1.807, 2.05) is 0 Å². The zero-order chi connectivity index (χ0) is 21.6. The number of allylic oxidation sites excluding steroid dienone is 2. The quantitative estimate of drug-likeness (QED) is 0.315. The van der Waals surface area contributed by atoms with Gasteiger partial charge in [-0.1, -0.05) is 84.9 Å². The van der Waals surface area contributed by atoms with E-state index in [4.69, 9.17) is 0 Å². The summed E-state index contributed by atoms with van der Waals surface area (Å²) in [4.78, 5) is 4.69. The van der Waals surface area contributed by atoms with E-state index in [9.17, 15) is 0 Å². The second kappa shape index (κ2) is 9.40. The summed E-state index contributed by atoms with van der Waals surface area (Å²) in [6.07, 6.45) is 7.41. The highest BCUT2D eigenvalue weighted by molar-refractivity contribution is 5.72. The monoisotopic (exact) mass is 413 g/mol. The highest BCUT2D eigenvalue weighted by Gasteiger charge is 2.26. The average Bonchev–Trinajstić information content (AvgIpc) is 2.87. The van der Waals surface area contributed by atoms with Crippen LogP contribution in [0.3, 0.4) is 0 Å². The first-order valence-corrected chi connectivity index (χ1v) is 10.9. The van der Waals surface area contributed by atoms with Crippen LogP contribution >= 0.6 is 0 Å². The van der Waals surface area contributed by atoms with Crippen LogP contribution < -0.4 is 9.80 Å². The Balaban J connectivity index is 1.53. The van der Waals surface area contributed by atoms with Gasteiger partial charge in [0.15, 0.2) is 0 Å². The van der Waals surface area contributed by atoms with Gasteiger partial charge in [0.25, 0.3) is 0 Å². The largest absolute Gasteiger partial charge is 0.329 e. The van der Waals surface area contributed by atoms with E-state index in [-0.39, 0.29) is 0 Å². The lowest BCUT2D eigenvalue weighted by atomic mass is 10.00. The van der Waals surface area contributed by atoms with Crippen LogP contribution in [0.15, 0.2) is 145 Å². The second-order valence-corrected chi connectivity index (χ2v) is 7.70. The summed E-state index contributed by atoms with van der Waals surface area (Å²) in [5.41, 5.74) is 5.86. The van der Waals surface area contributed by atoms with Gasteiger partial charge in [-0.2, -0.15) is 0 Å². The first-order valence-electron chi connectivity index (χ1n) is 10.9. The van der Waals surface area contributed by atoms with Crippen molar-refractivity contribution in [1.82, 2.24) is 0 Å². The molecule has 0 amide bonds. The molecule has 1 aliphatic carbocycles. The molecule has 0 aliphatic heterocycles. The van der Waals surface area contributed by atoms with Gasteiger partial charge in [0.2, 0.25) is 0 Å². The molecular weight excluding hydrogens is 388 g/mol. The van der Waals surface area contributed by atoms with Crippen LogP contribution in [-0.4, -0.2) is 0 Å². The standard InChI is InChI=1S/C30H25N2/c1-5-14-25(15-6-1)31(26-16-7-2-8-17-26)29-22-13-23-30(24-29)32(27-18-9-3-10-19-27)28-20-11-4-12-21-28/h1-23H,24H2. The fourth-order valence-electron chi connectivity index (χ4n) is 4.15. The summed E-state index contributed by atoms with van der Waals surface area (Å²) in [7, 11) is 0. The summed E-state index contributed by atoms with van der Waals surface area (Å²) in [6.45, 7) is 0. The van der Waals surface area contributed by atoms with Gasteiger partial charge in [0.1, 0.15) is 0 Å². The molecule has 2 nitrogen and oxygen atoms in total. The number of para-hydroxylation sites is 4. The van der Waals surface area contributed by atoms with Gasteiger partial charge in [-0.05, 0) is 54.6 Å². The number of anilines is 4. The van der Waals surface area contributed by atoms with Gasteiger partial charge >= 0.3 is 0 Å². The van der Waals surface area contributed by atoms with Gasteiger partial charge in [0.05, 0.1) is 6.04 Å². The third-order valence-electron chi connectivity index (χ3n) is 5.57. The fraction of sp³-hybridized carbons (Fsp3) is 0.0333. The number of rotatable bonds is 6. The normalized spacial score (nSPS) is 13.4. The van der Waals surface area contributed by atoms with Crippen LogP contribution in [0.25, 0.3) is 0 Å². The van der Waals surface area contributed by atoms with Gasteiger partial charge in [-0.15, -0.1) is 0 Å². The fourth-order valence-corrected chi connectivity index (χ4v) is 4.15. The van der Waals surface area contributed by atoms with Crippen LogP contribution in [0.1, 0.15) is 6.42 Å². The van der Waals surface area contributed by atoms with Crippen molar-refractivity contribution < 1.29 is 0 Å². The van der Waals surface area contributed by atoms with E-state index in [2.05, 4.69) is 149 Å². The number of nitrogens with zero attached hydrogens (tertiary/aromatic N) is 2. The number of hydrogen-bond donors (Lipinski definition) is 0. The second-order valence-electron chi connectivity index (χ2n) is 7.70. The van der Waals surface area contributed by atoms with Crippen LogP contribution in [0.2, 0.25) is 0 Å². The highest BCUT2D eigenvalue weighted by Crippen LogP contribution is 2.40. The summed E-state index contributed by atoms with van der Waals surface area (Å²) in [5, 5.41) is 0. The molecule has 0 bridgehead atoms. The van der Waals surface area contributed by atoms with E-state index < -0.39 is 0 Å². The van der Waals surface area contributed by atoms with Crippen molar-refractivity contribution >= 4 is 22.7 Å². The smallest absolute Gasteiger partial charge is 0.0965 e. The van der Waals surface area contributed by atoms with Gasteiger partial charge in [0, 0.05) is 34.9 Å². The minimum absolute atomic E-state index is 0.810. The minimum atomic E-state index is 0.810. The van der Waals surface area contributed by atoms with Crippen LogP contribution in [0.4, 0.5) is 22.7 Å². The lowest BCUT2D eigenvalue weighted by molar-refractivity contribution is 0.884.